The van der Waals surface area contributed by atoms with Crippen molar-refractivity contribution in [1.82, 2.24) is 15.5 Å². The first-order chi connectivity index (χ1) is 9.42. The van der Waals surface area contributed by atoms with Crippen molar-refractivity contribution in [2.24, 2.45) is 0 Å². The molecule has 19 heavy (non-hydrogen) atoms. The lowest BCUT2D eigenvalue weighted by atomic mass is 10.0. The van der Waals surface area contributed by atoms with Crippen molar-refractivity contribution in [2.75, 3.05) is 18.0 Å². The average molecular weight is 258 g/mol. The predicted molar refractivity (Wildman–Crippen MR) is 72.8 cm³/mol. The minimum Gasteiger partial charge on any atom is -0.371 e. The zero-order chi connectivity index (χ0) is 12.9. The molecule has 0 saturated carbocycles. The van der Waals surface area contributed by atoms with Crippen molar-refractivity contribution in [3.8, 4) is 0 Å². The summed E-state index contributed by atoms with van der Waals surface area (Å²) in [4.78, 5) is 6.47. The van der Waals surface area contributed by atoms with Gasteiger partial charge in [0.25, 0.3) is 0 Å². The fraction of sp³-hybridized carbons (Fsp3) is 0.429. The summed E-state index contributed by atoms with van der Waals surface area (Å²) >= 11 is 0. The van der Waals surface area contributed by atoms with Gasteiger partial charge in [-0.25, -0.2) is 0 Å². The lowest BCUT2D eigenvalue weighted by Crippen LogP contribution is -2.42. The number of nitrogens with one attached hydrogen (secondary N) is 1. The minimum atomic E-state index is 0.565. The highest BCUT2D eigenvalue weighted by atomic mass is 16.5. The van der Waals surface area contributed by atoms with Crippen LogP contribution >= 0.6 is 0 Å². The molecular weight excluding hydrogens is 240 g/mol. The van der Waals surface area contributed by atoms with Crippen LogP contribution in [0.2, 0.25) is 0 Å². The van der Waals surface area contributed by atoms with E-state index in [1.807, 2.05) is 18.5 Å². The molecule has 2 aromatic rings. The van der Waals surface area contributed by atoms with E-state index in [0.29, 0.717) is 6.04 Å². The van der Waals surface area contributed by atoms with Crippen molar-refractivity contribution in [1.29, 1.82) is 0 Å². The molecule has 0 radical (unpaired) electrons. The van der Waals surface area contributed by atoms with Crippen LogP contribution < -0.4 is 10.2 Å². The summed E-state index contributed by atoms with van der Waals surface area (Å²) in [6.07, 6.45) is 7.62. The van der Waals surface area contributed by atoms with Gasteiger partial charge in [0, 0.05) is 49.8 Å². The van der Waals surface area contributed by atoms with E-state index in [2.05, 4.69) is 32.5 Å². The highest BCUT2D eigenvalue weighted by molar-refractivity contribution is 5.44. The first-order valence-electron chi connectivity index (χ1n) is 6.69. The molecule has 0 unspecified atom stereocenters. The Labute approximate surface area is 112 Å². The van der Waals surface area contributed by atoms with Gasteiger partial charge in [-0.2, -0.15) is 0 Å². The number of aromatic nitrogens is 2. The minimum absolute atomic E-state index is 0.565. The van der Waals surface area contributed by atoms with E-state index in [9.17, 15) is 0 Å². The number of anilines is 1. The second kappa shape index (κ2) is 5.84. The topological polar surface area (TPSA) is 54.2 Å². The summed E-state index contributed by atoms with van der Waals surface area (Å²) in [5, 5.41) is 7.44. The number of hydrogen-bond donors (Lipinski definition) is 1. The summed E-state index contributed by atoms with van der Waals surface area (Å²) in [6.45, 7) is 2.96. The molecule has 0 spiro atoms. The molecule has 1 saturated heterocycles. The van der Waals surface area contributed by atoms with E-state index in [1.54, 1.807) is 6.26 Å². The number of pyridine rings is 1. The van der Waals surface area contributed by atoms with Crippen molar-refractivity contribution < 1.29 is 4.52 Å². The molecule has 5 nitrogen and oxygen atoms in total. The second-order valence-electron chi connectivity index (χ2n) is 4.84. The third-order valence-electron chi connectivity index (χ3n) is 3.59. The maximum Gasteiger partial charge on any atom is 0.124 e. The molecule has 2 aromatic heterocycles. The molecule has 0 aliphatic carbocycles. The Kier molecular flexibility index (Phi) is 3.74. The molecule has 0 bridgehead atoms. The monoisotopic (exact) mass is 258 g/mol. The molecular formula is C14H18N4O. The smallest absolute Gasteiger partial charge is 0.124 e. The van der Waals surface area contributed by atoms with Crippen LogP contribution in [0.1, 0.15) is 18.5 Å². The van der Waals surface area contributed by atoms with Crippen LogP contribution in [0.15, 0.2) is 41.4 Å². The van der Waals surface area contributed by atoms with Gasteiger partial charge in [-0.3, -0.25) is 4.98 Å². The van der Waals surface area contributed by atoms with E-state index in [4.69, 9.17) is 4.52 Å². The van der Waals surface area contributed by atoms with Gasteiger partial charge >= 0.3 is 0 Å². The third kappa shape index (κ3) is 3.12. The Hall–Kier alpha value is -1.88. The van der Waals surface area contributed by atoms with E-state index >= 15 is 0 Å². The summed E-state index contributed by atoms with van der Waals surface area (Å²) < 4.78 is 4.83. The molecule has 1 aliphatic heterocycles. The van der Waals surface area contributed by atoms with Gasteiger partial charge < -0.3 is 14.7 Å². The third-order valence-corrected chi connectivity index (χ3v) is 3.59. The van der Waals surface area contributed by atoms with Crippen LogP contribution in [0.5, 0.6) is 0 Å². The van der Waals surface area contributed by atoms with Gasteiger partial charge in [-0.1, -0.05) is 5.16 Å². The molecule has 3 heterocycles. The molecule has 0 aromatic carbocycles. The zero-order valence-electron chi connectivity index (χ0n) is 10.8. The maximum atomic E-state index is 4.83. The number of rotatable bonds is 4. The summed E-state index contributed by atoms with van der Waals surface area (Å²) in [5.74, 6) is 0. The standard InChI is InChI=1S/C14H18N4O/c1-6-15-7-2-14(1)18-8-3-12(4-9-18)16-11-13-5-10-19-17-13/h1-2,5-7,10,12,16H,3-4,8-9,11H2. The zero-order valence-corrected chi connectivity index (χ0v) is 10.8. The van der Waals surface area contributed by atoms with E-state index in [0.717, 1.165) is 38.2 Å². The van der Waals surface area contributed by atoms with E-state index < -0.39 is 0 Å². The molecule has 0 atom stereocenters. The Balaban J connectivity index is 1.47. The quantitative estimate of drug-likeness (QED) is 0.906. The van der Waals surface area contributed by atoms with Gasteiger partial charge in [0.05, 0.1) is 5.69 Å². The molecule has 3 rings (SSSR count). The molecule has 1 aliphatic rings. The van der Waals surface area contributed by atoms with Gasteiger partial charge in [0.15, 0.2) is 0 Å². The first-order valence-corrected chi connectivity index (χ1v) is 6.69. The van der Waals surface area contributed by atoms with Crippen LogP contribution in [0.3, 0.4) is 0 Å². The lowest BCUT2D eigenvalue weighted by molar-refractivity contribution is 0.387. The van der Waals surface area contributed by atoms with Crippen LogP contribution in [0.25, 0.3) is 0 Å². The SMILES string of the molecule is c1cc(N2CCC(NCc3ccon3)CC2)ccn1. The van der Waals surface area contributed by atoms with Gasteiger partial charge in [-0.05, 0) is 25.0 Å². The predicted octanol–water partition coefficient (Wildman–Crippen LogP) is 1.83. The summed E-state index contributed by atoms with van der Waals surface area (Å²) in [5.41, 5.74) is 2.24. The molecule has 0 amide bonds. The van der Waals surface area contributed by atoms with E-state index in [1.165, 1.54) is 5.69 Å². The largest absolute Gasteiger partial charge is 0.371 e. The number of hydrogen-bond acceptors (Lipinski definition) is 5. The first kappa shape index (κ1) is 12.2. The van der Waals surface area contributed by atoms with Gasteiger partial charge in [0.2, 0.25) is 0 Å². The van der Waals surface area contributed by atoms with Crippen LogP contribution in [0, 0.1) is 0 Å². The van der Waals surface area contributed by atoms with Crippen LogP contribution in [-0.2, 0) is 6.54 Å². The molecule has 1 N–H and O–H groups in total. The normalized spacial score (nSPS) is 16.7. The molecule has 1 fully saturated rings. The highest BCUT2D eigenvalue weighted by Gasteiger charge is 2.19. The molecule has 100 valence electrons. The highest BCUT2D eigenvalue weighted by Crippen LogP contribution is 2.18. The van der Waals surface area contributed by atoms with Crippen molar-refractivity contribution in [3.05, 3.63) is 42.5 Å². The maximum absolute atomic E-state index is 4.83. The Morgan fingerprint density at radius 3 is 2.68 bits per heavy atom. The summed E-state index contributed by atoms with van der Waals surface area (Å²) in [6, 6.07) is 6.61. The van der Waals surface area contributed by atoms with Gasteiger partial charge in [0.1, 0.15) is 6.26 Å². The molecule has 5 heteroatoms. The number of piperidine rings is 1. The van der Waals surface area contributed by atoms with Crippen LogP contribution in [0.4, 0.5) is 5.69 Å². The van der Waals surface area contributed by atoms with E-state index in [-0.39, 0.29) is 0 Å². The lowest BCUT2D eigenvalue weighted by Gasteiger charge is -2.33. The summed E-state index contributed by atoms with van der Waals surface area (Å²) in [7, 11) is 0. The fourth-order valence-corrected chi connectivity index (χ4v) is 2.47. The fourth-order valence-electron chi connectivity index (χ4n) is 2.47. The number of nitrogens with zero attached hydrogens (tertiary/aromatic N) is 3. The Morgan fingerprint density at radius 2 is 2.00 bits per heavy atom. The van der Waals surface area contributed by atoms with Crippen molar-refractivity contribution in [3.63, 3.8) is 0 Å². The Morgan fingerprint density at radius 1 is 1.21 bits per heavy atom. The van der Waals surface area contributed by atoms with Gasteiger partial charge in [-0.15, -0.1) is 0 Å². The van der Waals surface area contributed by atoms with Crippen molar-refractivity contribution >= 4 is 5.69 Å². The van der Waals surface area contributed by atoms with Crippen LogP contribution in [-0.4, -0.2) is 29.3 Å². The Bertz CT molecular complexity index is 477. The second-order valence-corrected chi connectivity index (χ2v) is 4.84. The van der Waals surface area contributed by atoms with Crippen molar-refractivity contribution in [2.45, 2.75) is 25.4 Å². The average Bonchev–Trinajstić information content (AvgIpc) is 3.00.